The summed E-state index contributed by atoms with van der Waals surface area (Å²) in [5.74, 6) is 1.54. The van der Waals surface area contributed by atoms with Crippen LogP contribution in [-0.4, -0.2) is 37.6 Å². The van der Waals surface area contributed by atoms with Crippen LogP contribution in [0, 0.1) is 11.3 Å². The second kappa shape index (κ2) is 8.77. The fraction of sp³-hybridized carbons (Fsp3) is 0.727. The molecule has 0 aromatic heterocycles. The van der Waals surface area contributed by atoms with Gasteiger partial charge < -0.3 is 4.90 Å². The molecule has 0 unspecified atom stereocenters. The molecule has 0 amide bonds. The maximum atomic E-state index is 2.64. The van der Waals surface area contributed by atoms with Crippen LogP contribution in [0.2, 0.25) is 0 Å². The summed E-state index contributed by atoms with van der Waals surface area (Å²) in [6.45, 7) is 15.6. The number of para-hydroxylation sites is 1. The molecule has 3 rings (SSSR count). The van der Waals surface area contributed by atoms with Crippen molar-refractivity contribution in [2.45, 2.75) is 59.3 Å². The van der Waals surface area contributed by atoms with E-state index in [0.717, 1.165) is 11.8 Å². The number of nitrogens with zero attached hydrogens (tertiary/aromatic N) is 2. The molecule has 2 aliphatic rings. The molecule has 1 saturated heterocycles. The van der Waals surface area contributed by atoms with Crippen LogP contribution in [0.4, 0.5) is 5.69 Å². The first kappa shape index (κ1) is 20.6. The topological polar surface area (TPSA) is 6.48 Å². The van der Waals surface area contributed by atoms with Crippen LogP contribution in [0.15, 0.2) is 24.3 Å². The van der Waals surface area contributed by atoms with Crippen LogP contribution in [-0.2, 0) is 0 Å². The lowest BCUT2D eigenvalue weighted by Crippen LogP contribution is -2.47. The number of benzene rings is 1. The average Bonchev–Trinajstić information content (AvgIpc) is 2.55. The van der Waals surface area contributed by atoms with Gasteiger partial charge in [-0.25, -0.2) is 0 Å². The molecule has 1 aliphatic carbocycles. The van der Waals surface area contributed by atoms with E-state index in [-0.39, 0.29) is 12.4 Å². The number of rotatable bonds is 4. The SMILES string of the molecule is CC(C)CN1CCN(c2ccccc2C2CCC(C)(C)CC2)CC1.Cl. The Bertz CT molecular complexity index is 523. The maximum Gasteiger partial charge on any atom is 0.0402 e. The lowest BCUT2D eigenvalue weighted by Gasteiger charge is -2.40. The van der Waals surface area contributed by atoms with E-state index >= 15 is 0 Å². The molecule has 2 fully saturated rings. The molecule has 0 bridgehead atoms. The van der Waals surface area contributed by atoms with E-state index in [1.807, 2.05) is 0 Å². The zero-order valence-electron chi connectivity index (χ0n) is 16.6. The van der Waals surface area contributed by atoms with Crippen LogP contribution in [0.1, 0.15) is 64.9 Å². The summed E-state index contributed by atoms with van der Waals surface area (Å²) >= 11 is 0. The van der Waals surface area contributed by atoms with E-state index in [4.69, 9.17) is 0 Å². The van der Waals surface area contributed by atoms with Gasteiger partial charge in [0.2, 0.25) is 0 Å². The summed E-state index contributed by atoms with van der Waals surface area (Å²) < 4.78 is 0. The van der Waals surface area contributed by atoms with E-state index < -0.39 is 0 Å². The zero-order chi connectivity index (χ0) is 17.2. The molecule has 1 saturated carbocycles. The third kappa shape index (κ3) is 5.37. The molecule has 2 nitrogen and oxygen atoms in total. The van der Waals surface area contributed by atoms with Crippen molar-refractivity contribution in [2.75, 3.05) is 37.6 Å². The van der Waals surface area contributed by atoms with Gasteiger partial charge in [-0.15, -0.1) is 12.4 Å². The predicted octanol–water partition coefficient (Wildman–Crippen LogP) is 5.57. The van der Waals surface area contributed by atoms with Crippen LogP contribution in [0.5, 0.6) is 0 Å². The Morgan fingerprint density at radius 3 is 2.20 bits per heavy atom. The van der Waals surface area contributed by atoms with Crippen molar-refractivity contribution in [3.05, 3.63) is 29.8 Å². The minimum absolute atomic E-state index is 0. The third-order valence-electron chi connectivity index (χ3n) is 6.05. The molecule has 1 aliphatic heterocycles. The second-order valence-electron chi connectivity index (χ2n) is 9.18. The van der Waals surface area contributed by atoms with Gasteiger partial charge in [-0.3, -0.25) is 4.90 Å². The summed E-state index contributed by atoms with van der Waals surface area (Å²) in [5, 5.41) is 0. The number of hydrogen-bond donors (Lipinski definition) is 0. The van der Waals surface area contributed by atoms with Gasteiger partial charge in [0.1, 0.15) is 0 Å². The molecule has 0 atom stereocenters. The Morgan fingerprint density at radius 2 is 1.60 bits per heavy atom. The molecular formula is C22H37ClN2. The Hall–Kier alpha value is -0.730. The Morgan fingerprint density at radius 1 is 1.00 bits per heavy atom. The first-order valence-electron chi connectivity index (χ1n) is 10.0. The van der Waals surface area contributed by atoms with E-state index in [1.165, 1.54) is 64.1 Å². The molecule has 3 heteroatoms. The highest BCUT2D eigenvalue weighted by Crippen LogP contribution is 2.44. The van der Waals surface area contributed by atoms with Gasteiger partial charge in [-0.05, 0) is 54.6 Å². The Kier molecular flexibility index (Phi) is 7.22. The Balaban J connectivity index is 0.00000225. The molecule has 0 N–H and O–H groups in total. The second-order valence-corrected chi connectivity index (χ2v) is 9.18. The number of halogens is 1. The minimum atomic E-state index is 0. The van der Waals surface area contributed by atoms with Crippen LogP contribution in [0.3, 0.4) is 0 Å². The van der Waals surface area contributed by atoms with Crippen molar-refractivity contribution in [1.29, 1.82) is 0 Å². The van der Waals surface area contributed by atoms with E-state index in [1.54, 1.807) is 5.56 Å². The van der Waals surface area contributed by atoms with E-state index in [2.05, 4.69) is 61.8 Å². The highest BCUT2D eigenvalue weighted by molar-refractivity contribution is 5.85. The average molecular weight is 365 g/mol. The van der Waals surface area contributed by atoms with Gasteiger partial charge in [0.05, 0.1) is 0 Å². The van der Waals surface area contributed by atoms with Gasteiger partial charge in [0.15, 0.2) is 0 Å². The number of hydrogen-bond acceptors (Lipinski definition) is 2. The third-order valence-corrected chi connectivity index (χ3v) is 6.05. The van der Waals surface area contributed by atoms with Gasteiger partial charge in [0, 0.05) is 38.4 Å². The van der Waals surface area contributed by atoms with E-state index in [9.17, 15) is 0 Å². The van der Waals surface area contributed by atoms with Gasteiger partial charge in [-0.2, -0.15) is 0 Å². The van der Waals surface area contributed by atoms with E-state index in [0.29, 0.717) is 5.41 Å². The van der Waals surface area contributed by atoms with Crippen LogP contribution < -0.4 is 4.90 Å². The lowest BCUT2D eigenvalue weighted by atomic mass is 9.71. The number of anilines is 1. The van der Waals surface area contributed by atoms with Crippen LogP contribution >= 0.6 is 12.4 Å². The largest absolute Gasteiger partial charge is 0.369 e. The molecule has 25 heavy (non-hydrogen) atoms. The van der Waals surface area contributed by atoms with Gasteiger partial charge >= 0.3 is 0 Å². The summed E-state index contributed by atoms with van der Waals surface area (Å²) in [6.07, 6.45) is 5.46. The summed E-state index contributed by atoms with van der Waals surface area (Å²) in [4.78, 5) is 5.28. The van der Waals surface area contributed by atoms with Crippen molar-refractivity contribution in [1.82, 2.24) is 4.90 Å². The molecule has 1 aromatic rings. The molecule has 142 valence electrons. The fourth-order valence-electron chi connectivity index (χ4n) is 4.52. The number of piperazine rings is 1. The van der Waals surface area contributed by atoms with Crippen molar-refractivity contribution in [3.63, 3.8) is 0 Å². The highest BCUT2D eigenvalue weighted by atomic mass is 35.5. The molecule has 0 radical (unpaired) electrons. The monoisotopic (exact) mass is 364 g/mol. The minimum Gasteiger partial charge on any atom is -0.369 e. The Labute approximate surface area is 161 Å². The van der Waals surface area contributed by atoms with Crippen molar-refractivity contribution >= 4 is 18.1 Å². The van der Waals surface area contributed by atoms with Crippen molar-refractivity contribution in [2.24, 2.45) is 11.3 Å². The van der Waals surface area contributed by atoms with Gasteiger partial charge in [-0.1, -0.05) is 45.9 Å². The highest BCUT2D eigenvalue weighted by Gasteiger charge is 2.29. The zero-order valence-corrected chi connectivity index (χ0v) is 17.4. The van der Waals surface area contributed by atoms with Crippen molar-refractivity contribution < 1.29 is 0 Å². The molecule has 0 spiro atoms. The normalized spacial score (nSPS) is 22.0. The van der Waals surface area contributed by atoms with Gasteiger partial charge in [0.25, 0.3) is 0 Å². The summed E-state index contributed by atoms with van der Waals surface area (Å²) in [7, 11) is 0. The molecule has 1 aromatic carbocycles. The first-order chi connectivity index (χ1) is 11.4. The van der Waals surface area contributed by atoms with Crippen LogP contribution in [0.25, 0.3) is 0 Å². The molecular weight excluding hydrogens is 328 g/mol. The fourth-order valence-corrected chi connectivity index (χ4v) is 4.52. The predicted molar refractivity (Wildman–Crippen MR) is 112 cm³/mol. The quantitative estimate of drug-likeness (QED) is 0.689. The molecule has 1 heterocycles. The summed E-state index contributed by atoms with van der Waals surface area (Å²) in [6, 6.07) is 9.24. The summed E-state index contributed by atoms with van der Waals surface area (Å²) in [5.41, 5.74) is 3.69. The van der Waals surface area contributed by atoms with Crippen molar-refractivity contribution in [3.8, 4) is 0 Å². The first-order valence-corrected chi connectivity index (χ1v) is 10.0. The lowest BCUT2D eigenvalue weighted by molar-refractivity contribution is 0.222. The smallest absolute Gasteiger partial charge is 0.0402 e. The maximum absolute atomic E-state index is 2.64. The standard InChI is InChI=1S/C22H36N2.ClH/c1-18(2)17-23-13-15-24(16-14-23)21-8-6-5-7-20(21)19-9-11-22(3,4)12-10-19;/h5-8,18-19H,9-17H2,1-4H3;1H.